The van der Waals surface area contributed by atoms with Crippen LogP contribution in [0.25, 0.3) is 12.2 Å². The van der Waals surface area contributed by atoms with E-state index in [9.17, 15) is 0 Å². The van der Waals surface area contributed by atoms with Gasteiger partial charge in [-0.2, -0.15) is 0 Å². The molecule has 2 rings (SSSR count). The van der Waals surface area contributed by atoms with Gasteiger partial charge in [0.1, 0.15) is 5.75 Å². The fourth-order valence-electron chi connectivity index (χ4n) is 1.35. The minimum Gasteiger partial charge on any atom is -0.497 e. The maximum atomic E-state index is 5.09. The van der Waals surface area contributed by atoms with E-state index in [2.05, 4.69) is 17.1 Å². The number of hydrogen-bond acceptors (Lipinski definition) is 1. The van der Waals surface area contributed by atoms with Gasteiger partial charge < -0.3 is 9.72 Å². The Balaban J connectivity index is 2.11. The number of aromatic amines is 1. The van der Waals surface area contributed by atoms with Gasteiger partial charge in [-0.05, 0) is 29.3 Å². The van der Waals surface area contributed by atoms with E-state index < -0.39 is 0 Å². The van der Waals surface area contributed by atoms with E-state index in [4.69, 9.17) is 4.74 Å². The lowest BCUT2D eigenvalue weighted by atomic mass is 10.2. The molecule has 1 N–H and O–H groups in total. The number of aromatic nitrogens is 1. The Kier molecular flexibility index (Phi) is 2.88. The summed E-state index contributed by atoms with van der Waals surface area (Å²) in [7, 11) is 1.67. The van der Waals surface area contributed by atoms with Crippen LogP contribution in [0.3, 0.4) is 0 Å². The summed E-state index contributed by atoms with van der Waals surface area (Å²) in [6.07, 6.45) is 8.01. The quantitative estimate of drug-likeness (QED) is 0.806. The molecule has 0 amide bonds. The summed E-state index contributed by atoms with van der Waals surface area (Å²) >= 11 is 0. The second-order valence-electron chi connectivity index (χ2n) is 3.25. The van der Waals surface area contributed by atoms with E-state index in [1.165, 1.54) is 5.56 Å². The molecule has 2 nitrogen and oxygen atoms in total. The average Bonchev–Trinajstić information content (AvgIpc) is 2.80. The Morgan fingerprint density at radius 3 is 2.33 bits per heavy atom. The zero-order valence-corrected chi connectivity index (χ0v) is 8.60. The maximum absolute atomic E-state index is 5.09. The molecule has 15 heavy (non-hydrogen) atoms. The fourth-order valence-corrected chi connectivity index (χ4v) is 1.35. The largest absolute Gasteiger partial charge is 0.497 e. The van der Waals surface area contributed by atoms with Crippen LogP contribution in [0, 0.1) is 0 Å². The van der Waals surface area contributed by atoms with E-state index in [1.54, 1.807) is 7.11 Å². The zero-order valence-electron chi connectivity index (χ0n) is 8.60. The molecule has 0 radical (unpaired) electrons. The maximum Gasteiger partial charge on any atom is 0.118 e. The average molecular weight is 199 g/mol. The first-order valence-electron chi connectivity index (χ1n) is 4.83. The second kappa shape index (κ2) is 4.51. The van der Waals surface area contributed by atoms with Crippen LogP contribution in [-0.4, -0.2) is 12.1 Å². The van der Waals surface area contributed by atoms with Gasteiger partial charge >= 0.3 is 0 Å². The van der Waals surface area contributed by atoms with E-state index in [0.717, 1.165) is 11.3 Å². The molecule has 1 aromatic carbocycles. The number of benzene rings is 1. The Morgan fingerprint density at radius 1 is 1.00 bits per heavy atom. The smallest absolute Gasteiger partial charge is 0.118 e. The number of methoxy groups -OCH3 is 1. The van der Waals surface area contributed by atoms with Crippen LogP contribution in [0.2, 0.25) is 0 Å². The summed E-state index contributed by atoms with van der Waals surface area (Å²) in [6, 6.07) is 10.00. The lowest BCUT2D eigenvalue weighted by Crippen LogP contribution is -1.81. The first-order valence-corrected chi connectivity index (χ1v) is 4.83. The van der Waals surface area contributed by atoms with Crippen LogP contribution >= 0.6 is 0 Å². The molecule has 1 aromatic heterocycles. The highest BCUT2D eigenvalue weighted by Gasteiger charge is 1.90. The number of hydrogen-bond donors (Lipinski definition) is 1. The summed E-state index contributed by atoms with van der Waals surface area (Å²) < 4.78 is 5.09. The van der Waals surface area contributed by atoms with Crippen molar-refractivity contribution in [3.63, 3.8) is 0 Å². The van der Waals surface area contributed by atoms with Crippen LogP contribution in [0.15, 0.2) is 42.7 Å². The zero-order chi connectivity index (χ0) is 10.5. The SMILES string of the molecule is COc1ccc(C=Cc2cc[nH]c2)cc1. The third-order valence-electron chi connectivity index (χ3n) is 2.21. The third-order valence-corrected chi connectivity index (χ3v) is 2.21. The Labute approximate surface area is 89.2 Å². The van der Waals surface area contributed by atoms with Crippen LogP contribution in [0.5, 0.6) is 5.75 Å². The first kappa shape index (κ1) is 9.59. The molecule has 0 aliphatic heterocycles. The van der Waals surface area contributed by atoms with Crippen molar-refractivity contribution in [2.45, 2.75) is 0 Å². The monoisotopic (exact) mass is 199 g/mol. The number of rotatable bonds is 3. The lowest BCUT2D eigenvalue weighted by molar-refractivity contribution is 0.415. The standard InChI is InChI=1S/C13H13NO/c1-15-13-6-4-11(5-7-13)2-3-12-8-9-14-10-12/h2-10,14H,1H3. The van der Waals surface area contributed by atoms with Crippen molar-refractivity contribution in [3.05, 3.63) is 53.9 Å². The number of nitrogens with one attached hydrogen (secondary N) is 1. The Morgan fingerprint density at radius 2 is 1.73 bits per heavy atom. The van der Waals surface area contributed by atoms with Crippen LogP contribution in [0.1, 0.15) is 11.1 Å². The molecule has 2 aromatic rings. The summed E-state index contributed by atoms with van der Waals surface area (Å²) in [6.45, 7) is 0. The summed E-state index contributed by atoms with van der Waals surface area (Å²) in [5, 5.41) is 0. The van der Waals surface area contributed by atoms with Gasteiger partial charge in [0.05, 0.1) is 7.11 Å². The normalized spacial score (nSPS) is 10.7. The van der Waals surface area contributed by atoms with E-state index in [1.807, 2.05) is 42.7 Å². The minimum atomic E-state index is 0.883. The van der Waals surface area contributed by atoms with Gasteiger partial charge in [-0.3, -0.25) is 0 Å². The first-order chi connectivity index (χ1) is 7.38. The molecular formula is C13H13NO. The highest BCUT2D eigenvalue weighted by Crippen LogP contribution is 2.13. The van der Waals surface area contributed by atoms with Crippen molar-refractivity contribution >= 4 is 12.2 Å². The van der Waals surface area contributed by atoms with Gasteiger partial charge in [-0.25, -0.2) is 0 Å². The van der Waals surface area contributed by atoms with Crippen LogP contribution in [-0.2, 0) is 0 Å². The highest BCUT2D eigenvalue weighted by molar-refractivity contribution is 5.69. The molecule has 0 atom stereocenters. The molecule has 0 bridgehead atoms. The van der Waals surface area contributed by atoms with Crippen molar-refractivity contribution < 1.29 is 4.74 Å². The third kappa shape index (κ3) is 2.50. The Bertz CT molecular complexity index is 426. The molecule has 76 valence electrons. The highest BCUT2D eigenvalue weighted by atomic mass is 16.5. The summed E-state index contributed by atoms with van der Waals surface area (Å²) in [4.78, 5) is 3.01. The number of H-pyrrole nitrogens is 1. The summed E-state index contributed by atoms with van der Waals surface area (Å²) in [5.41, 5.74) is 2.34. The van der Waals surface area contributed by atoms with Gasteiger partial charge in [-0.1, -0.05) is 24.3 Å². The molecule has 1 heterocycles. The van der Waals surface area contributed by atoms with Crippen molar-refractivity contribution in [2.24, 2.45) is 0 Å². The van der Waals surface area contributed by atoms with Crippen LogP contribution in [0.4, 0.5) is 0 Å². The van der Waals surface area contributed by atoms with Crippen molar-refractivity contribution in [3.8, 4) is 5.75 Å². The van der Waals surface area contributed by atoms with Gasteiger partial charge in [0.15, 0.2) is 0 Å². The predicted molar refractivity (Wildman–Crippen MR) is 62.7 cm³/mol. The molecule has 0 saturated heterocycles. The molecule has 0 aliphatic rings. The van der Waals surface area contributed by atoms with Gasteiger partial charge in [-0.15, -0.1) is 0 Å². The molecular weight excluding hydrogens is 186 g/mol. The second-order valence-corrected chi connectivity index (χ2v) is 3.25. The summed E-state index contributed by atoms with van der Waals surface area (Å²) in [5.74, 6) is 0.883. The van der Waals surface area contributed by atoms with Gasteiger partial charge in [0, 0.05) is 12.4 Å². The van der Waals surface area contributed by atoms with Gasteiger partial charge in [0.2, 0.25) is 0 Å². The fraction of sp³-hybridized carbons (Fsp3) is 0.0769. The van der Waals surface area contributed by atoms with E-state index in [0.29, 0.717) is 0 Å². The van der Waals surface area contributed by atoms with Crippen LogP contribution < -0.4 is 4.74 Å². The van der Waals surface area contributed by atoms with Crippen molar-refractivity contribution in [2.75, 3.05) is 7.11 Å². The predicted octanol–water partition coefficient (Wildman–Crippen LogP) is 3.19. The van der Waals surface area contributed by atoms with Gasteiger partial charge in [0.25, 0.3) is 0 Å². The number of ether oxygens (including phenoxy) is 1. The van der Waals surface area contributed by atoms with Crippen molar-refractivity contribution in [1.82, 2.24) is 4.98 Å². The van der Waals surface area contributed by atoms with Crippen molar-refractivity contribution in [1.29, 1.82) is 0 Å². The molecule has 0 saturated carbocycles. The molecule has 0 unspecified atom stereocenters. The molecule has 0 spiro atoms. The van der Waals surface area contributed by atoms with E-state index >= 15 is 0 Å². The molecule has 2 heteroatoms. The topological polar surface area (TPSA) is 25.0 Å². The lowest BCUT2D eigenvalue weighted by Gasteiger charge is -1.98. The Hall–Kier alpha value is -1.96. The van der Waals surface area contributed by atoms with E-state index in [-0.39, 0.29) is 0 Å². The molecule has 0 fully saturated rings. The molecule has 0 aliphatic carbocycles. The minimum absolute atomic E-state index is 0.883.